The second-order valence-corrected chi connectivity index (χ2v) is 6.36. The summed E-state index contributed by atoms with van der Waals surface area (Å²) < 4.78 is 20.2. The van der Waals surface area contributed by atoms with Crippen LogP contribution in [0.2, 0.25) is 0 Å². The average molecular weight is 298 g/mol. The van der Waals surface area contributed by atoms with E-state index in [1.54, 1.807) is 18.2 Å². The predicted molar refractivity (Wildman–Crippen MR) is 78.7 cm³/mol. The van der Waals surface area contributed by atoms with Gasteiger partial charge in [-0.15, -0.1) is 0 Å². The van der Waals surface area contributed by atoms with Crippen LogP contribution in [0.15, 0.2) is 36.4 Å². The molecule has 0 aliphatic carbocycles. The lowest BCUT2D eigenvalue weighted by molar-refractivity contribution is 0.0696. The summed E-state index contributed by atoms with van der Waals surface area (Å²) in [5, 5.41) is 9.14. The van der Waals surface area contributed by atoms with E-state index in [4.69, 9.17) is 9.84 Å². The summed E-state index contributed by atoms with van der Waals surface area (Å²) >= 11 is 0. The van der Waals surface area contributed by atoms with E-state index in [0.717, 1.165) is 22.3 Å². The molecule has 0 saturated heterocycles. The van der Waals surface area contributed by atoms with Crippen molar-refractivity contribution in [2.45, 2.75) is 31.7 Å². The molecule has 2 aliphatic heterocycles. The second-order valence-electron chi connectivity index (χ2n) is 6.36. The van der Waals surface area contributed by atoms with Crippen LogP contribution in [0.4, 0.5) is 4.39 Å². The number of aromatic carboxylic acids is 1. The smallest absolute Gasteiger partial charge is 0.335 e. The zero-order valence-corrected chi connectivity index (χ0v) is 12.3. The van der Waals surface area contributed by atoms with Crippen LogP contribution in [-0.2, 0) is 10.4 Å². The minimum Gasteiger partial charge on any atom is -0.478 e. The summed E-state index contributed by atoms with van der Waals surface area (Å²) in [4.78, 5) is 11.1. The van der Waals surface area contributed by atoms with Crippen LogP contribution in [-0.4, -0.2) is 11.1 Å². The van der Waals surface area contributed by atoms with Crippen LogP contribution in [0.3, 0.4) is 0 Å². The van der Waals surface area contributed by atoms with Crippen molar-refractivity contribution in [3.63, 3.8) is 0 Å². The van der Waals surface area contributed by atoms with Crippen molar-refractivity contribution in [2.24, 2.45) is 0 Å². The molecule has 4 rings (SSSR count). The quantitative estimate of drug-likeness (QED) is 0.907. The van der Waals surface area contributed by atoms with Crippen molar-refractivity contribution >= 4 is 5.97 Å². The highest BCUT2D eigenvalue weighted by molar-refractivity contribution is 5.88. The fourth-order valence-corrected chi connectivity index (χ4v) is 3.35. The van der Waals surface area contributed by atoms with Gasteiger partial charge in [-0.25, -0.2) is 9.18 Å². The van der Waals surface area contributed by atoms with E-state index < -0.39 is 11.6 Å². The van der Waals surface area contributed by atoms with Crippen LogP contribution in [0.5, 0.6) is 0 Å². The van der Waals surface area contributed by atoms with Gasteiger partial charge in [0.1, 0.15) is 17.9 Å². The standard InChI is InChI=1S/C18H15FO3/c1-18(2,19)10-4-6-12-14(8-10)16-13-7-9(17(20)21)3-5-11(13)15(12)22-16/h3-8,15-16H,1-2H3,(H,20,21)/t15-,16+/m1/s1. The molecule has 0 spiro atoms. The number of halogens is 1. The van der Waals surface area contributed by atoms with Crippen molar-refractivity contribution in [3.8, 4) is 0 Å². The molecular weight excluding hydrogens is 283 g/mol. The third kappa shape index (κ3) is 1.74. The molecule has 0 unspecified atom stereocenters. The Labute approximate surface area is 127 Å². The first-order valence-electron chi connectivity index (χ1n) is 7.22. The Morgan fingerprint density at radius 1 is 1.05 bits per heavy atom. The molecule has 0 radical (unpaired) electrons. The molecule has 22 heavy (non-hydrogen) atoms. The number of ether oxygens (including phenoxy) is 1. The van der Waals surface area contributed by atoms with Gasteiger partial charge in [0.15, 0.2) is 0 Å². The van der Waals surface area contributed by atoms with Gasteiger partial charge >= 0.3 is 5.97 Å². The Morgan fingerprint density at radius 3 is 2.27 bits per heavy atom. The summed E-state index contributed by atoms with van der Waals surface area (Å²) in [5.41, 5.74) is 3.33. The lowest BCUT2D eigenvalue weighted by Crippen LogP contribution is -2.12. The summed E-state index contributed by atoms with van der Waals surface area (Å²) in [5.74, 6) is -0.954. The fraction of sp³-hybridized carbons (Fsp3) is 0.278. The van der Waals surface area contributed by atoms with Gasteiger partial charge in [0.05, 0.1) is 5.56 Å². The summed E-state index contributed by atoms with van der Waals surface area (Å²) in [6, 6.07) is 10.6. The van der Waals surface area contributed by atoms with Gasteiger partial charge in [-0.05, 0) is 59.9 Å². The largest absolute Gasteiger partial charge is 0.478 e. The van der Waals surface area contributed by atoms with Gasteiger partial charge in [0.25, 0.3) is 0 Å². The molecule has 2 aliphatic rings. The number of benzene rings is 2. The molecule has 2 atom stereocenters. The molecule has 112 valence electrons. The Balaban J connectivity index is 1.84. The van der Waals surface area contributed by atoms with E-state index in [2.05, 4.69) is 0 Å². The first-order valence-corrected chi connectivity index (χ1v) is 7.22. The molecule has 2 aromatic carbocycles. The van der Waals surface area contributed by atoms with Crippen molar-refractivity contribution in [1.82, 2.24) is 0 Å². The van der Waals surface area contributed by atoms with Crippen molar-refractivity contribution in [3.05, 3.63) is 69.8 Å². The van der Waals surface area contributed by atoms with Crippen LogP contribution in [0.1, 0.15) is 64.2 Å². The molecule has 2 aromatic rings. The fourth-order valence-electron chi connectivity index (χ4n) is 3.35. The SMILES string of the molecule is CC(C)(F)c1ccc2c(c1)[C@H]1O[C@@H]2c2ccc(C(=O)O)cc21. The maximum atomic E-state index is 14.2. The highest BCUT2D eigenvalue weighted by atomic mass is 19.1. The first kappa shape index (κ1) is 13.5. The lowest BCUT2D eigenvalue weighted by atomic mass is 9.83. The van der Waals surface area contributed by atoms with Crippen molar-refractivity contribution < 1.29 is 19.0 Å². The molecule has 0 saturated carbocycles. The number of rotatable bonds is 2. The lowest BCUT2D eigenvalue weighted by Gasteiger charge is -2.20. The highest BCUT2D eigenvalue weighted by Gasteiger charge is 2.43. The van der Waals surface area contributed by atoms with Crippen LogP contribution >= 0.6 is 0 Å². The van der Waals surface area contributed by atoms with E-state index in [1.165, 1.54) is 13.8 Å². The van der Waals surface area contributed by atoms with E-state index in [1.807, 2.05) is 18.2 Å². The summed E-state index contributed by atoms with van der Waals surface area (Å²) in [6.45, 7) is 3.05. The number of fused-ring (bicyclic) bond motifs is 8. The number of carboxylic acids is 1. The Morgan fingerprint density at radius 2 is 1.64 bits per heavy atom. The number of alkyl halides is 1. The third-order valence-corrected chi connectivity index (χ3v) is 4.51. The van der Waals surface area contributed by atoms with E-state index in [9.17, 15) is 9.18 Å². The highest BCUT2D eigenvalue weighted by Crippen LogP contribution is 2.54. The molecule has 4 heteroatoms. The van der Waals surface area contributed by atoms with E-state index in [-0.39, 0.29) is 17.8 Å². The topological polar surface area (TPSA) is 46.5 Å². The second kappa shape index (κ2) is 4.17. The summed E-state index contributed by atoms with van der Waals surface area (Å²) in [7, 11) is 0. The molecule has 2 heterocycles. The zero-order valence-electron chi connectivity index (χ0n) is 12.3. The number of hydrogen-bond donors (Lipinski definition) is 1. The van der Waals surface area contributed by atoms with Gasteiger partial charge in [0, 0.05) is 0 Å². The Kier molecular flexibility index (Phi) is 2.55. The first-order chi connectivity index (χ1) is 10.4. The van der Waals surface area contributed by atoms with Crippen molar-refractivity contribution in [2.75, 3.05) is 0 Å². The van der Waals surface area contributed by atoms with Crippen LogP contribution in [0.25, 0.3) is 0 Å². The predicted octanol–water partition coefficient (Wildman–Crippen LogP) is 4.11. The Bertz CT molecular complexity index is 804. The minimum atomic E-state index is -1.41. The molecule has 2 bridgehead atoms. The van der Waals surface area contributed by atoms with Crippen LogP contribution in [0, 0.1) is 0 Å². The number of carbonyl (C=O) groups is 1. The van der Waals surface area contributed by atoms with E-state index >= 15 is 0 Å². The third-order valence-electron chi connectivity index (χ3n) is 4.51. The normalized spacial score (nSPS) is 21.6. The molecule has 0 fully saturated rings. The van der Waals surface area contributed by atoms with Gasteiger partial charge in [0.2, 0.25) is 0 Å². The number of carboxylic acid groups (broad SMARTS) is 1. The molecule has 0 amide bonds. The van der Waals surface area contributed by atoms with Gasteiger partial charge in [-0.2, -0.15) is 0 Å². The molecule has 1 N–H and O–H groups in total. The molecule has 0 aromatic heterocycles. The minimum absolute atomic E-state index is 0.172. The molecule has 3 nitrogen and oxygen atoms in total. The Hall–Kier alpha value is -2.20. The van der Waals surface area contributed by atoms with Crippen LogP contribution < -0.4 is 0 Å². The van der Waals surface area contributed by atoms with Gasteiger partial charge in [-0.3, -0.25) is 0 Å². The van der Waals surface area contributed by atoms with E-state index in [0.29, 0.717) is 5.56 Å². The summed E-state index contributed by atoms with van der Waals surface area (Å²) in [6.07, 6.45) is -0.466. The number of hydrogen-bond acceptors (Lipinski definition) is 2. The van der Waals surface area contributed by atoms with Gasteiger partial charge < -0.3 is 9.84 Å². The average Bonchev–Trinajstić information content (AvgIpc) is 3.02. The van der Waals surface area contributed by atoms with Crippen molar-refractivity contribution in [1.29, 1.82) is 0 Å². The monoisotopic (exact) mass is 298 g/mol. The zero-order chi connectivity index (χ0) is 15.6. The maximum Gasteiger partial charge on any atom is 0.335 e. The maximum absolute atomic E-state index is 14.2. The molecular formula is C18H15FO3. The van der Waals surface area contributed by atoms with Gasteiger partial charge in [-0.1, -0.05) is 18.2 Å².